The third kappa shape index (κ3) is 5.12. The van der Waals surface area contributed by atoms with E-state index in [0.717, 1.165) is 28.2 Å². The smallest absolute Gasteiger partial charge is 0.250 e. The van der Waals surface area contributed by atoms with Crippen molar-refractivity contribution in [2.24, 2.45) is 5.10 Å². The van der Waals surface area contributed by atoms with E-state index in [1.807, 2.05) is 97.3 Å². The first-order chi connectivity index (χ1) is 15.6. The van der Waals surface area contributed by atoms with Crippen molar-refractivity contribution in [1.29, 1.82) is 0 Å². The number of aromatic nitrogens is 3. The number of hydrogen-bond donors (Lipinski definition) is 1. The van der Waals surface area contributed by atoms with Gasteiger partial charge in [0.2, 0.25) is 0 Å². The number of thioether (sulfide) groups is 1. The van der Waals surface area contributed by atoms with E-state index in [2.05, 4.69) is 20.7 Å². The molecule has 4 rings (SSSR count). The number of nitrogens with one attached hydrogen (secondary N) is 1. The van der Waals surface area contributed by atoms with Crippen LogP contribution in [0.25, 0.3) is 17.1 Å². The lowest BCUT2D eigenvalue weighted by Crippen LogP contribution is -2.20. The Morgan fingerprint density at radius 1 is 0.969 bits per heavy atom. The summed E-state index contributed by atoms with van der Waals surface area (Å²) in [7, 11) is 0. The first-order valence-electron chi connectivity index (χ1n) is 10.2. The average Bonchev–Trinajstić information content (AvgIpc) is 3.24. The molecule has 32 heavy (non-hydrogen) atoms. The van der Waals surface area contributed by atoms with Gasteiger partial charge in [-0.1, -0.05) is 84.1 Å². The number of carbonyl (C=O) groups excluding carboxylic acids is 1. The molecule has 1 heterocycles. The number of amides is 1. The van der Waals surface area contributed by atoms with Crippen molar-refractivity contribution in [3.8, 4) is 17.1 Å². The van der Waals surface area contributed by atoms with Gasteiger partial charge < -0.3 is 0 Å². The molecule has 0 unspecified atom stereocenters. The number of nitrogens with zero attached hydrogens (tertiary/aromatic N) is 4. The zero-order chi connectivity index (χ0) is 22.3. The van der Waals surface area contributed by atoms with Gasteiger partial charge in [0.1, 0.15) is 0 Å². The number of benzene rings is 3. The van der Waals surface area contributed by atoms with E-state index >= 15 is 0 Å². The quantitative estimate of drug-likeness (QED) is 0.254. The summed E-state index contributed by atoms with van der Waals surface area (Å²) in [5.41, 5.74) is 7.73. The Hall–Kier alpha value is -3.71. The zero-order valence-electron chi connectivity index (χ0n) is 17.9. The largest absolute Gasteiger partial charge is 0.272 e. The molecule has 6 nitrogen and oxygen atoms in total. The van der Waals surface area contributed by atoms with E-state index in [1.54, 1.807) is 6.21 Å². The summed E-state index contributed by atoms with van der Waals surface area (Å²) in [5.74, 6) is 0.695. The van der Waals surface area contributed by atoms with Crippen LogP contribution in [-0.4, -0.2) is 32.6 Å². The van der Waals surface area contributed by atoms with Crippen LogP contribution in [-0.2, 0) is 4.79 Å². The maximum Gasteiger partial charge on any atom is 0.250 e. The monoisotopic (exact) mass is 441 g/mol. The van der Waals surface area contributed by atoms with Gasteiger partial charge in [0.15, 0.2) is 11.0 Å². The van der Waals surface area contributed by atoms with Crippen LogP contribution in [0.4, 0.5) is 0 Å². The summed E-state index contributed by atoms with van der Waals surface area (Å²) in [5, 5.41) is 13.5. The number of carbonyl (C=O) groups is 1. The fraction of sp³-hybridized carbons (Fsp3) is 0.120. The summed E-state index contributed by atoms with van der Waals surface area (Å²) >= 11 is 1.32. The highest BCUT2D eigenvalue weighted by atomic mass is 32.2. The van der Waals surface area contributed by atoms with Crippen LogP contribution < -0.4 is 5.43 Å². The minimum absolute atomic E-state index is 0.171. The maximum atomic E-state index is 12.4. The second kappa shape index (κ2) is 10.1. The summed E-state index contributed by atoms with van der Waals surface area (Å²) in [6.07, 6.45) is 1.65. The Kier molecular flexibility index (Phi) is 6.77. The molecular weight excluding hydrogens is 418 g/mol. The molecule has 1 amide bonds. The van der Waals surface area contributed by atoms with Gasteiger partial charge >= 0.3 is 0 Å². The number of hydrazone groups is 1. The van der Waals surface area contributed by atoms with Crippen molar-refractivity contribution in [2.45, 2.75) is 19.0 Å². The Balaban J connectivity index is 1.50. The number of para-hydroxylation sites is 1. The highest BCUT2D eigenvalue weighted by molar-refractivity contribution is 7.99. The van der Waals surface area contributed by atoms with Crippen LogP contribution in [0.5, 0.6) is 0 Å². The fourth-order valence-electron chi connectivity index (χ4n) is 3.13. The number of hydrogen-bond acceptors (Lipinski definition) is 5. The van der Waals surface area contributed by atoms with Gasteiger partial charge in [-0.2, -0.15) is 5.10 Å². The molecule has 0 spiro atoms. The van der Waals surface area contributed by atoms with Crippen LogP contribution in [0.3, 0.4) is 0 Å². The van der Waals surface area contributed by atoms with E-state index < -0.39 is 0 Å². The third-order valence-corrected chi connectivity index (χ3v) is 5.80. The van der Waals surface area contributed by atoms with Crippen molar-refractivity contribution in [3.05, 3.63) is 95.6 Å². The highest BCUT2D eigenvalue weighted by Crippen LogP contribution is 2.28. The Morgan fingerprint density at radius 3 is 2.44 bits per heavy atom. The van der Waals surface area contributed by atoms with Gasteiger partial charge in [0.25, 0.3) is 5.91 Å². The Bertz CT molecular complexity index is 1230. The highest BCUT2D eigenvalue weighted by Gasteiger charge is 2.17. The molecule has 0 bridgehead atoms. The van der Waals surface area contributed by atoms with Crippen molar-refractivity contribution >= 4 is 23.9 Å². The first kappa shape index (κ1) is 21.5. The minimum atomic E-state index is -0.209. The molecule has 0 saturated carbocycles. The predicted molar refractivity (Wildman–Crippen MR) is 129 cm³/mol. The normalized spacial score (nSPS) is 11.1. The Labute approximate surface area is 191 Å². The van der Waals surface area contributed by atoms with Gasteiger partial charge in [0.05, 0.1) is 12.0 Å². The fourth-order valence-corrected chi connectivity index (χ4v) is 3.87. The van der Waals surface area contributed by atoms with Crippen LogP contribution in [0, 0.1) is 13.8 Å². The van der Waals surface area contributed by atoms with E-state index in [9.17, 15) is 4.79 Å². The second-order valence-electron chi connectivity index (χ2n) is 7.28. The predicted octanol–water partition coefficient (Wildman–Crippen LogP) is 4.79. The Morgan fingerprint density at radius 2 is 1.69 bits per heavy atom. The van der Waals surface area contributed by atoms with Gasteiger partial charge in [-0.15, -0.1) is 10.2 Å². The lowest BCUT2D eigenvalue weighted by atomic mass is 10.1. The van der Waals surface area contributed by atoms with Crippen LogP contribution in [0.15, 0.2) is 89.1 Å². The average molecular weight is 442 g/mol. The van der Waals surface area contributed by atoms with Gasteiger partial charge in [-0.25, -0.2) is 5.43 Å². The molecule has 4 aromatic rings. The molecule has 0 radical (unpaired) electrons. The summed E-state index contributed by atoms with van der Waals surface area (Å²) in [6, 6.07) is 25.9. The molecule has 0 fully saturated rings. The summed E-state index contributed by atoms with van der Waals surface area (Å²) in [6.45, 7) is 4.05. The van der Waals surface area contributed by atoms with Crippen LogP contribution in [0.1, 0.15) is 16.7 Å². The molecule has 0 aliphatic heterocycles. The minimum Gasteiger partial charge on any atom is -0.272 e. The second-order valence-corrected chi connectivity index (χ2v) is 8.22. The van der Waals surface area contributed by atoms with Crippen LogP contribution >= 0.6 is 11.8 Å². The topological polar surface area (TPSA) is 72.2 Å². The lowest BCUT2D eigenvalue weighted by Gasteiger charge is -2.10. The molecule has 0 aliphatic carbocycles. The molecule has 160 valence electrons. The lowest BCUT2D eigenvalue weighted by molar-refractivity contribution is -0.118. The zero-order valence-corrected chi connectivity index (χ0v) is 18.7. The van der Waals surface area contributed by atoms with E-state index in [1.165, 1.54) is 17.3 Å². The van der Waals surface area contributed by atoms with Crippen molar-refractivity contribution < 1.29 is 4.79 Å². The van der Waals surface area contributed by atoms with Crippen molar-refractivity contribution in [3.63, 3.8) is 0 Å². The molecular formula is C25H23N5OS. The molecule has 3 aromatic carbocycles. The molecule has 1 aromatic heterocycles. The van der Waals surface area contributed by atoms with E-state index in [-0.39, 0.29) is 11.7 Å². The number of aryl methyl sites for hydroxylation is 2. The molecule has 0 saturated heterocycles. The third-order valence-electron chi connectivity index (χ3n) is 4.87. The first-order valence-corrected chi connectivity index (χ1v) is 11.2. The van der Waals surface area contributed by atoms with Gasteiger partial charge in [-0.05, 0) is 37.1 Å². The molecule has 0 atom stereocenters. The van der Waals surface area contributed by atoms with Gasteiger partial charge in [-0.3, -0.25) is 9.36 Å². The SMILES string of the molecule is Cc1ccc(-c2nnc(SCC(=O)NN=Cc3ccccc3C)n2-c2ccccc2)cc1. The van der Waals surface area contributed by atoms with Crippen molar-refractivity contribution in [2.75, 3.05) is 5.75 Å². The van der Waals surface area contributed by atoms with E-state index in [4.69, 9.17) is 0 Å². The molecule has 0 aliphatic rings. The number of rotatable bonds is 7. The van der Waals surface area contributed by atoms with Gasteiger partial charge in [0, 0.05) is 11.3 Å². The van der Waals surface area contributed by atoms with Crippen molar-refractivity contribution in [1.82, 2.24) is 20.2 Å². The maximum absolute atomic E-state index is 12.4. The van der Waals surface area contributed by atoms with Crippen LogP contribution in [0.2, 0.25) is 0 Å². The molecule has 7 heteroatoms. The summed E-state index contributed by atoms with van der Waals surface area (Å²) < 4.78 is 1.97. The standard InChI is InChI=1S/C25H23N5OS/c1-18-12-14-20(15-13-18)24-28-29-25(30(24)22-10-4-3-5-11-22)32-17-23(31)27-26-16-21-9-7-6-8-19(21)2/h3-16H,17H2,1-2H3,(H,27,31). The van der Waals surface area contributed by atoms with E-state index in [0.29, 0.717) is 5.16 Å². The summed E-state index contributed by atoms with van der Waals surface area (Å²) in [4.78, 5) is 12.4. The molecule has 1 N–H and O–H groups in total.